The normalized spacial score (nSPS) is 11.2. The van der Waals surface area contributed by atoms with Gasteiger partial charge in [0.2, 0.25) is 5.95 Å². The Hall–Kier alpha value is -2.43. The monoisotopic (exact) mass is 270 g/mol. The van der Waals surface area contributed by atoms with Gasteiger partial charge in [-0.05, 0) is 30.0 Å². The van der Waals surface area contributed by atoms with Gasteiger partial charge < -0.3 is 0 Å². The summed E-state index contributed by atoms with van der Waals surface area (Å²) in [5, 5.41) is 9.09. The summed E-state index contributed by atoms with van der Waals surface area (Å²) in [7, 11) is 0. The van der Waals surface area contributed by atoms with Crippen molar-refractivity contribution in [2.75, 3.05) is 5.32 Å². The first-order valence-corrected chi connectivity index (χ1v) is 6.52. The second kappa shape index (κ2) is 6.14. The van der Waals surface area contributed by atoms with Gasteiger partial charge in [0.1, 0.15) is 5.82 Å². The van der Waals surface area contributed by atoms with Crippen LogP contribution in [0, 0.1) is 6.92 Å². The standard InChI is InChI=1S/C15H18N4O/c1-10(2)13-7-4-12(5-8-13)6-9-14(20)17-15-16-11(3)18-19-15/h4-10H,1-3H3,(H2,16,17,18,19,20)/b9-6+. The largest absolute Gasteiger partial charge is 0.290 e. The highest BCUT2D eigenvalue weighted by atomic mass is 16.1. The van der Waals surface area contributed by atoms with Crippen LogP contribution in [0.3, 0.4) is 0 Å². The van der Waals surface area contributed by atoms with Crippen molar-refractivity contribution in [2.24, 2.45) is 0 Å². The maximum absolute atomic E-state index is 11.7. The van der Waals surface area contributed by atoms with Crippen molar-refractivity contribution in [3.05, 3.63) is 47.3 Å². The van der Waals surface area contributed by atoms with E-state index in [1.165, 1.54) is 11.6 Å². The SMILES string of the molecule is Cc1nc(NC(=O)/C=C/c2ccc(C(C)C)cc2)n[nH]1. The lowest BCUT2D eigenvalue weighted by Crippen LogP contribution is -2.09. The Kier molecular flexibility index (Phi) is 4.30. The lowest BCUT2D eigenvalue weighted by Gasteiger charge is -2.04. The van der Waals surface area contributed by atoms with Crippen LogP contribution >= 0.6 is 0 Å². The zero-order valence-electron chi connectivity index (χ0n) is 11.8. The minimum atomic E-state index is -0.253. The first kappa shape index (κ1) is 14.0. The summed E-state index contributed by atoms with van der Waals surface area (Å²) in [6.07, 6.45) is 3.23. The van der Waals surface area contributed by atoms with E-state index in [0.717, 1.165) is 5.56 Å². The maximum atomic E-state index is 11.7. The summed E-state index contributed by atoms with van der Waals surface area (Å²) < 4.78 is 0. The van der Waals surface area contributed by atoms with Gasteiger partial charge in [-0.25, -0.2) is 0 Å². The van der Waals surface area contributed by atoms with Crippen LogP contribution < -0.4 is 5.32 Å². The van der Waals surface area contributed by atoms with E-state index < -0.39 is 0 Å². The second-order valence-electron chi connectivity index (χ2n) is 4.89. The van der Waals surface area contributed by atoms with E-state index in [1.807, 2.05) is 12.1 Å². The Morgan fingerprint density at radius 1 is 1.30 bits per heavy atom. The van der Waals surface area contributed by atoms with Crippen LogP contribution in [0.1, 0.15) is 36.7 Å². The minimum Gasteiger partial charge on any atom is -0.290 e. The minimum absolute atomic E-state index is 0.253. The number of carbonyl (C=O) groups is 1. The molecule has 0 aliphatic rings. The van der Waals surface area contributed by atoms with E-state index >= 15 is 0 Å². The number of aromatic nitrogens is 3. The van der Waals surface area contributed by atoms with Crippen LogP contribution in [-0.4, -0.2) is 21.1 Å². The molecule has 2 aromatic rings. The molecular weight excluding hydrogens is 252 g/mol. The molecule has 0 unspecified atom stereocenters. The molecule has 5 nitrogen and oxygen atoms in total. The molecule has 20 heavy (non-hydrogen) atoms. The zero-order chi connectivity index (χ0) is 14.5. The Morgan fingerprint density at radius 3 is 2.55 bits per heavy atom. The third-order valence-electron chi connectivity index (χ3n) is 2.86. The van der Waals surface area contributed by atoms with Crippen LogP contribution in [0.25, 0.3) is 6.08 Å². The van der Waals surface area contributed by atoms with E-state index in [2.05, 4.69) is 46.5 Å². The number of rotatable bonds is 4. The zero-order valence-corrected chi connectivity index (χ0v) is 11.8. The van der Waals surface area contributed by atoms with E-state index in [4.69, 9.17) is 0 Å². The number of hydrogen-bond acceptors (Lipinski definition) is 3. The fraction of sp³-hybridized carbons (Fsp3) is 0.267. The van der Waals surface area contributed by atoms with E-state index in [-0.39, 0.29) is 11.9 Å². The molecule has 0 saturated carbocycles. The molecule has 1 aromatic heterocycles. The Morgan fingerprint density at radius 2 is 2.00 bits per heavy atom. The Balaban J connectivity index is 1.96. The van der Waals surface area contributed by atoms with Gasteiger partial charge in [0.05, 0.1) is 0 Å². The number of aryl methyl sites for hydroxylation is 1. The molecule has 0 radical (unpaired) electrons. The third-order valence-corrected chi connectivity index (χ3v) is 2.86. The molecule has 0 spiro atoms. The summed E-state index contributed by atoms with van der Waals surface area (Å²) in [5.41, 5.74) is 2.26. The second-order valence-corrected chi connectivity index (χ2v) is 4.89. The molecule has 2 rings (SSSR count). The van der Waals surface area contributed by atoms with Gasteiger partial charge in [0.25, 0.3) is 5.91 Å². The quantitative estimate of drug-likeness (QED) is 0.839. The van der Waals surface area contributed by atoms with E-state index in [9.17, 15) is 4.79 Å². The fourth-order valence-corrected chi connectivity index (χ4v) is 1.71. The van der Waals surface area contributed by atoms with Crippen molar-refractivity contribution in [2.45, 2.75) is 26.7 Å². The average Bonchev–Trinajstić information content (AvgIpc) is 2.82. The van der Waals surface area contributed by atoms with Crippen molar-refractivity contribution >= 4 is 17.9 Å². The van der Waals surface area contributed by atoms with Gasteiger partial charge in [-0.15, -0.1) is 5.10 Å². The molecule has 0 aliphatic heterocycles. The van der Waals surface area contributed by atoms with Crippen molar-refractivity contribution < 1.29 is 4.79 Å². The first-order chi connectivity index (χ1) is 9.54. The molecule has 1 heterocycles. The highest BCUT2D eigenvalue weighted by molar-refractivity contribution is 6.00. The van der Waals surface area contributed by atoms with E-state index in [0.29, 0.717) is 11.7 Å². The van der Waals surface area contributed by atoms with Crippen LogP contribution in [0.5, 0.6) is 0 Å². The number of nitrogens with zero attached hydrogens (tertiary/aromatic N) is 2. The summed E-state index contributed by atoms with van der Waals surface area (Å²) >= 11 is 0. The molecule has 0 aliphatic carbocycles. The highest BCUT2D eigenvalue weighted by Gasteiger charge is 2.02. The number of carbonyl (C=O) groups excluding carboxylic acids is 1. The molecule has 1 aromatic carbocycles. The number of benzene rings is 1. The van der Waals surface area contributed by atoms with Crippen LogP contribution in [0.4, 0.5) is 5.95 Å². The van der Waals surface area contributed by atoms with Gasteiger partial charge in [-0.1, -0.05) is 38.1 Å². The molecule has 0 fully saturated rings. The van der Waals surface area contributed by atoms with Gasteiger partial charge >= 0.3 is 0 Å². The van der Waals surface area contributed by atoms with E-state index in [1.54, 1.807) is 13.0 Å². The number of anilines is 1. The van der Waals surface area contributed by atoms with Crippen molar-refractivity contribution in [3.63, 3.8) is 0 Å². The van der Waals surface area contributed by atoms with Gasteiger partial charge in [-0.3, -0.25) is 15.2 Å². The molecule has 1 amide bonds. The Labute approximate surface area is 118 Å². The fourth-order valence-electron chi connectivity index (χ4n) is 1.71. The van der Waals surface area contributed by atoms with Crippen LogP contribution in [-0.2, 0) is 4.79 Å². The predicted molar refractivity (Wildman–Crippen MR) is 79.3 cm³/mol. The summed E-state index contributed by atoms with van der Waals surface area (Å²) in [6, 6.07) is 8.13. The predicted octanol–water partition coefficient (Wildman–Crippen LogP) is 2.89. The molecule has 0 atom stereocenters. The lowest BCUT2D eigenvalue weighted by molar-refractivity contribution is -0.111. The molecule has 104 valence electrons. The molecule has 2 N–H and O–H groups in total. The number of amides is 1. The average molecular weight is 270 g/mol. The summed E-state index contributed by atoms with van der Waals surface area (Å²) in [5.74, 6) is 1.20. The number of aromatic amines is 1. The lowest BCUT2D eigenvalue weighted by atomic mass is 10.0. The van der Waals surface area contributed by atoms with Crippen LogP contribution in [0.15, 0.2) is 30.3 Å². The number of hydrogen-bond donors (Lipinski definition) is 2. The first-order valence-electron chi connectivity index (χ1n) is 6.52. The summed E-state index contributed by atoms with van der Waals surface area (Å²) in [6.45, 7) is 6.07. The molecular formula is C15H18N4O. The maximum Gasteiger partial charge on any atom is 0.250 e. The highest BCUT2D eigenvalue weighted by Crippen LogP contribution is 2.15. The van der Waals surface area contributed by atoms with Crippen molar-refractivity contribution in [1.29, 1.82) is 0 Å². The Bertz CT molecular complexity index is 611. The van der Waals surface area contributed by atoms with Gasteiger partial charge in [0.15, 0.2) is 0 Å². The molecule has 0 saturated heterocycles. The van der Waals surface area contributed by atoms with Crippen LogP contribution in [0.2, 0.25) is 0 Å². The number of H-pyrrole nitrogens is 1. The summed E-state index contributed by atoms with van der Waals surface area (Å²) in [4.78, 5) is 15.7. The third kappa shape index (κ3) is 3.78. The van der Waals surface area contributed by atoms with Gasteiger partial charge in [0, 0.05) is 6.08 Å². The molecule has 0 bridgehead atoms. The van der Waals surface area contributed by atoms with Crippen molar-refractivity contribution in [3.8, 4) is 0 Å². The smallest absolute Gasteiger partial charge is 0.250 e. The van der Waals surface area contributed by atoms with Gasteiger partial charge in [-0.2, -0.15) is 4.98 Å². The topological polar surface area (TPSA) is 70.7 Å². The number of nitrogens with one attached hydrogen (secondary N) is 2. The van der Waals surface area contributed by atoms with Crippen molar-refractivity contribution in [1.82, 2.24) is 15.2 Å². The molecule has 5 heteroatoms.